The highest BCUT2D eigenvalue weighted by molar-refractivity contribution is 6.02. The van der Waals surface area contributed by atoms with Crippen LogP contribution in [0, 0.1) is 0 Å². The molecule has 1 aromatic carbocycles. The Morgan fingerprint density at radius 2 is 1.96 bits per heavy atom. The quantitative estimate of drug-likeness (QED) is 0.773. The summed E-state index contributed by atoms with van der Waals surface area (Å²) in [5, 5.41) is 10.8. The summed E-state index contributed by atoms with van der Waals surface area (Å²) in [6.07, 6.45) is 7.21. The molecule has 3 heterocycles. The fourth-order valence-electron chi connectivity index (χ4n) is 3.47. The number of carbonyl (C=O) groups is 1. The Morgan fingerprint density at radius 1 is 1.08 bits per heavy atom. The molecular weight excluding hydrogens is 314 g/mol. The van der Waals surface area contributed by atoms with Crippen molar-refractivity contribution < 1.29 is 4.79 Å². The highest BCUT2D eigenvalue weighted by Gasteiger charge is 2.43. The number of para-hydroxylation sites is 1. The van der Waals surface area contributed by atoms with E-state index in [0.29, 0.717) is 0 Å². The van der Waals surface area contributed by atoms with Crippen LogP contribution in [0.25, 0.3) is 11.3 Å². The van der Waals surface area contributed by atoms with E-state index < -0.39 is 0 Å². The number of carbonyl (C=O) groups excluding carboxylic acids is 1. The second kappa shape index (κ2) is 5.44. The third kappa shape index (κ3) is 2.29. The molecule has 25 heavy (non-hydrogen) atoms. The van der Waals surface area contributed by atoms with Crippen molar-refractivity contribution in [2.75, 3.05) is 5.32 Å². The maximum atomic E-state index is 13.1. The molecular formula is C19H17N5O. The number of aromatic nitrogens is 3. The van der Waals surface area contributed by atoms with E-state index in [-0.39, 0.29) is 18.1 Å². The van der Waals surface area contributed by atoms with Crippen molar-refractivity contribution in [1.29, 1.82) is 0 Å². The Bertz CT molecular complexity index is 932. The first-order chi connectivity index (χ1) is 12.3. The molecule has 1 fully saturated rings. The number of aromatic amines is 1. The molecule has 6 nitrogen and oxygen atoms in total. The van der Waals surface area contributed by atoms with Gasteiger partial charge in [0.25, 0.3) is 5.91 Å². The molecule has 2 N–H and O–H groups in total. The number of nitrogens with zero attached hydrogens (tertiary/aromatic N) is 3. The third-order valence-electron chi connectivity index (χ3n) is 4.82. The Labute approximate surface area is 144 Å². The van der Waals surface area contributed by atoms with Crippen LogP contribution >= 0.6 is 0 Å². The molecule has 5 rings (SSSR count). The van der Waals surface area contributed by atoms with Crippen LogP contribution in [-0.2, 0) is 0 Å². The van der Waals surface area contributed by atoms with Crippen LogP contribution in [-0.4, -0.2) is 32.0 Å². The van der Waals surface area contributed by atoms with Crippen molar-refractivity contribution in [2.45, 2.75) is 25.0 Å². The van der Waals surface area contributed by atoms with E-state index in [1.165, 1.54) is 0 Å². The number of rotatable bonds is 3. The predicted octanol–water partition coefficient (Wildman–Crippen LogP) is 3.20. The van der Waals surface area contributed by atoms with Gasteiger partial charge in [0, 0.05) is 35.2 Å². The maximum Gasteiger partial charge on any atom is 0.258 e. The second-order valence-corrected chi connectivity index (χ2v) is 6.48. The summed E-state index contributed by atoms with van der Waals surface area (Å²) < 4.78 is 0. The molecule has 0 saturated heterocycles. The number of hydrogen-bond donors (Lipinski definition) is 2. The Balaban J connectivity index is 1.62. The Hall–Kier alpha value is -3.15. The molecule has 0 spiro atoms. The van der Waals surface area contributed by atoms with Gasteiger partial charge >= 0.3 is 0 Å². The van der Waals surface area contributed by atoms with E-state index in [1.807, 2.05) is 41.3 Å². The zero-order valence-corrected chi connectivity index (χ0v) is 13.5. The first-order valence-electron chi connectivity index (χ1n) is 8.45. The second-order valence-electron chi connectivity index (χ2n) is 6.48. The van der Waals surface area contributed by atoms with Crippen LogP contribution < -0.4 is 5.32 Å². The fourth-order valence-corrected chi connectivity index (χ4v) is 3.47. The molecule has 6 heteroatoms. The SMILES string of the molecule is O=C1c2ccccc2N[C@@H](c2cn[nH]c2-c2cccnc2)N1C1CC1. The van der Waals surface area contributed by atoms with Gasteiger partial charge in [0.15, 0.2) is 0 Å². The molecule has 0 bridgehead atoms. The van der Waals surface area contributed by atoms with Crippen molar-refractivity contribution in [1.82, 2.24) is 20.1 Å². The van der Waals surface area contributed by atoms with E-state index >= 15 is 0 Å². The minimum atomic E-state index is -0.233. The van der Waals surface area contributed by atoms with Gasteiger partial charge < -0.3 is 10.2 Å². The van der Waals surface area contributed by atoms with Crippen molar-refractivity contribution in [3.63, 3.8) is 0 Å². The fraction of sp³-hybridized carbons (Fsp3) is 0.211. The van der Waals surface area contributed by atoms with Gasteiger partial charge in [-0.2, -0.15) is 5.10 Å². The van der Waals surface area contributed by atoms with Gasteiger partial charge in [-0.05, 0) is 37.1 Å². The number of fused-ring (bicyclic) bond motifs is 1. The van der Waals surface area contributed by atoms with Crippen LogP contribution in [0.15, 0.2) is 55.0 Å². The third-order valence-corrected chi connectivity index (χ3v) is 4.82. The summed E-state index contributed by atoms with van der Waals surface area (Å²) in [6.45, 7) is 0. The zero-order valence-electron chi connectivity index (χ0n) is 13.5. The topological polar surface area (TPSA) is 73.9 Å². The molecule has 0 unspecified atom stereocenters. The molecule has 3 aromatic rings. The first-order valence-corrected chi connectivity index (χ1v) is 8.45. The van der Waals surface area contributed by atoms with E-state index in [1.54, 1.807) is 18.6 Å². The van der Waals surface area contributed by atoms with Crippen molar-refractivity contribution >= 4 is 11.6 Å². The highest BCUT2D eigenvalue weighted by Crippen LogP contribution is 2.42. The number of H-pyrrole nitrogens is 1. The zero-order chi connectivity index (χ0) is 16.8. The summed E-state index contributed by atoms with van der Waals surface area (Å²) >= 11 is 0. The maximum absolute atomic E-state index is 13.1. The molecule has 0 radical (unpaired) electrons. The predicted molar refractivity (Wildman–Crippen MR) is 93.8 cm³/mol. The number of hydrogen-bond acceptors (Lipinski definition) is 4. The van der Waals surface area contributed by atoms with Gasteiger partial charge in [-0.25, -0.2) is 0 Å². The number of amides is 1. The van der Waals surface area contributed by atoms with Crippen molar-refractivity contribution in [3.05, 3.63) is 66.1 Å². The van der Waals surface area contributed by atoms with Gasteiger partial charge in [-0.1, -0.05) is 12.1 Å². The van der Waals surface area contributed by atoms with Crippen molar-refractivity contribution in [2.24, 2.45) is 0 Å². The lowest BCUT2D eigenvalue weighted by Crippen LogP contribution is -2.44. The minimum absolute atomic E-state index is 0.0835. The number of pyridine rings is 1. The average molecular weight is 331 g/mol. The van der Waals surface area contributed by atoms with E-state index in [0.717, 1.165) is 40.9 Å². The summed E-state index contributed by atoms with van der Waals surface area (Å²) in [6, 6.07) is 11.9. The number of benzene rings is 1. The number of nitrogens with one attached hydrogen (secondary N) is 2. The summed E-state index contributed by atoms with van der Waals surface area (Å²) in [5.41, 5.74) is 4.41. The van der Waals surface area contributed by atoms with E-state index in [2.05, 4.69) is 20.5 Å². The van der Waals surface area contributed by atoms with E-state index in [4.69, 9.17) is 0 Å². The number of anilines is 1. The summed E-state index contributed by atoms with van der Waals surface area (Å²) in [7, 11) is 0. The monoisotopic (exact) mass is 331 g/mol. The molecule has 2 aromatic heterocycles. The lowest BCUT2D eigenvalue weighted by Gasteiger charge is -2.38. The van der Waals surface area contributed by atoms with Crippen molar-refractivity contribution in [3.8, 4) is 11.3 Å². The molecule has 2 aliphatic rings. The van der Waals surface area contributed by atoms with Crippen LogP contribution in [0.5, 0.6) is 0 Å². The summed E-state index contributed by atoms with van der Waals surface area (Å²) in [5.74, 6) is 0.0835. The molecule has 1 aliphatic heterocycles. The van der Waals surface area contributed by atoms with Crippen LogP contribution in [0.2, 0.25) is 0 Å². The summed E-state index contributed by atoms with van der Waals surface area (Å²) in [4.78, 5) is 19.3. The standard InChI is InChI=1S/C19H17N5O/c25-19-14-5-1-2-6-16(14)22-18(24(19)13-7-8-13)15-11-21-23-17(15)12-4-3-9-20-10-12/h1-6,9-11,13,18,22H,7-8H2,(H,21,23)/t18-/m1/s1. The first kappa shape index (κ1) is 14.2. The lowest BCUT2D eigenvalue weighted by molar-refractivity contribution is 0.0667. The largest absolute Gasteiger partial charge is 0.361 e. The molecule has 1 amide bonds. The molecule has 124 valence electrons. The van der Waals surface area contributed by atoms with Crippen LogP contribution in [0.3, 0.4) is 0 Å². The Morgan fingerprint density at radius 3 is 2.76 bits per heavy atom. The van der Waals surface area contributed by atoms with Crippen LogP contribution in [0.1, 0.15) is 34.9 Å². The van der Waals surface area contributed by atoms with Gasteiger partial charge in [0.05, 0.1) is 17.5 Å². The molecule has 1 aliphatic carbocycles. The van der Waals surface area contributed by atoms with Gasteiger partial charge in [-0.15, -0.1) is 0 Å². The van der Waals surface area contributed by atoms with Gasteiger partial charge in [0.1, 0.15) is 6.17 Å². The molecule has 1 atom stereocenters. The van der Waals surface area contributed by atoms with E-state index in [9.17, 15) is 4.79 Å². The minimum Gasteiger partial charge on any atom is -0.361 e. The van der Waals surface area contributed by atoms with Gasteiger partial charge in [-0.3, -0.25) is 14.9 Å². The van der Waals surface area contributed by atoms with Crippen LogP contribution in [0.4, 0.5) is 5.69 Å². The highest BCUT2D eigenvalue weighted by atomic mass is 16.2. The lowest BCUT2D eigenvalue weighted by atomic mass is 10.0. The van der Waals surface area contributed by atoms with Gasteiger partial charge in [0.2, 0.25) is 0 Å². The molecule has 1 saturated carbocycles. The Kier molecular flexibility index (Phi) is 3.09. The normalized spacial score (nSPS) is 19.4. The smallest absolute Gasteiger partial charge is 0.258 e. The average Bonchev–Trinajstić information content (AvgIpc) is 3.37.